The molecule has 7 nitrogen and oxygen atoms in total. The van der Waals surface area contributed by atoms with E-state index in [-0.39, 0.29) is 23.8 Å². The van der Waals surface area contributed by atoms with Crippen molar-refractivity contribution >= 4 is 16.9 Å². The zero-order valence-electron chi connectivity index (χ0n) is 18.4. The topological polar surface area (TPSA) is 68.0 Å². The maximum absolute atomic E-state index is 13.3. The zero-order valence-corrected chi connectivity index (χ0v) is 18.4. The lowest BCUT2D eigenvalue weighted by atomic mass is 10.0. The third-order valence-electron chi connectivity index (χ3n) is 5.18. The first kappa shape index (κ1) is 22.0. The molecule has 1 N–H and O–H groups in total. The first-order valence-electron chi connectivity index (χ1n) is 10.4. The highest BCUT2D eigenvalue weighted by atomic mass is 19.1. The number of aryl methyl sites for hydroxylation is 2. The summed E-state index contributed by atoms with van der Waals surface area (Å²) in [5, 5.41) is 12.2. The molecule has 0 aliphatic carbocycles. The number of nitrogens with zero attached hydrogens (tertiary/aromatic N) is 5. The number of aromatic nitrogens is 4. The van der Waals surface area contributed by atoms with Crippen LogP contribution in [0.15, 0.2) is 30.5 Å². The summed E-state index contributed by atoms with van der Waals surface area (Å²) in [5.41, 5.74) is 3.77. The summed E-state index contributed by atoms with van der Waals surface area (Å²) >= 11 is 0. The van der Waals surface area contributed by atoms with Crippen LogP contribution >= 0.6 is 0 Å². The minimum absolute atomic E-state index is 0.0550. The molecular weight excluding hydrogens is 383 g/mol. The van der Waals surface area contributed by atoms with Gasteiger partial charge in [-0.2, -0.15) is 10.2 Å². The van der Waals surface area contributed by atoms with Crippen LogP contribution in [0.3, 0.4) is 0 Å². The van der Waals surface area contributed by atoms with Crippen molar-refractivity contribution < 1.29 is 9.18 Å². The quantitative estimate of drug-likeness (QED) is 0.582. The van der Waals surface area contributed by atoms with Gasteiger partial charge in [0.05, 0.1) is 24.5 Å². The van der Waals surface area contributed by atoms with Gasteiger partial charge < -0.3 is 10.2 Å². The number of rotatable bonds is 9. The summed E-state index contributed by atoms with van der Waals surface area (Å²) in [5.74, 6) is -0.336. The summed E-state index contributed by atoms with van der Waals surface area (Å²) in [6.07, 6.45) is 2.87. The molecule has 0 bridgehead atoms. The Morgan fingerprint density at radius 3 is 2.57 bits per heavy atom. The highest BCUT2D eigenvalue weighted by Crippen LogP contribution is 2.22. The monoisotopic (exact) mass is 414 g/mol. The smallest absolute Gasteiger partial charge is 0.222 e. The fourth-order valence-electron chi connectivity index (χ4n) is 3.62. The van der Waals surface area contributed by atoms with E-state index in [2.05, 4.69) is 34.3 Å². The van der Waals surface area contributed by atoms with Crippen molar-refractivity contribution in [2.45, 2.75) is 52.2 Å². The van der Waals surface area contributed by atoms with Gasteiger partial charge >= 0.3 is 0 Å². The first-order chi connectivity index (χ1) is 14.3. The van der Waals surface area contributed by atoms with Crippen molar-refractivity contribution in [3.8, 4) is 0 Å². The highest BCUT2D eigenvalue weighted by molar-refractivity contribution is 5.79. The van der Waals surface area contributed by atoms with E-state index in [0.29, 0.717) is 13.0 Å². The van der Waals surface area contributed by atoms with Crippen LogP contribution in [-0.2, 0) is 11.3 Å². The number of hydrogen-bond donors (Lipinski definition) is 1. The minimum atomic E-state index is -0.281. The number of nitrogens with one attached hydrogen (secondary N) is 1. The second kappa shape index (κ2) is 9.38. The summed E-state index contributed by atoms with van der Waals surface area (Å²) in [6.45, 7) is 7.42. The first-order valence-corrected chi connectivity index (χ1v) is 10.4. The van der Waals surface area contributed by atoms with Crippen LogP contribution in [0.1, 0.15) is 50.0 Å². The van der Waals surface area contributed by atoms with Gasteiger partial charge in [0.15, 0.2) is 0 Å². The molecule has 1 atom stereocenters. The standard InChI is InChI=1S/C22H31FN6O/c1-15(2)29-20-14-24-28(22(20)16(3)26-29)13-11-21(30)25-19(10-12-27(4)5)17-6-8-18(23)9-7-17/h6-9,14-15,19H,10-13H2,1-5H3,(H,25,30). The van der Waals surface area contributed by atoms with Crippen molar-refractivity contribution in [1.29, 1.82) is 0 Å². The largest absolute Gasteiger partial charge is 0.349 e. The number of amides is 1. The number of hydrogen-bond acceptors (Lipinski definition) is 4. The van der Waals surface area contributed by atoms with Crippen LogP contribution in [0, 0.1) is 12.7 Å². The molecule has 3 aromatic rings. The van der Waals surface area contributed by atoms with Gasteiger partial charge in [0.1, 0.15) is 16.9 Å². The Labute approximate surface area is 176 Å². The molecule has 0 aliphatic rings. The second-order valence-corrected chi connectivity index (χ2v) is 8.24. The van der Waals surface area contributed by atoms with E-state index in [9.17, 15) is 9.18 Å². The molecule has 0 aliphatic heterocycles. The van der Waals surface area contributed by atoms with E-state index in [1.54, 1.807) is 12.1 Å². The molecule has 0 spiro atoms. The predicted octanol–water partition coefficient (Wildman–Crippen LogP) is 3.46. The van der Waals surface area contributed by atoms with E-state index >= 15 is 0 Å². The summed E-state index contributed by atoms with van der Waals surface area (Å²) in [6, 6.07) is 6.41. The van der Waals surface area contributed by atoms with Crippen molar-refractivity contribution in [3.63, 3.8) is 0 Å². The summed E-state index contributed by atoms with van der Waals surface area (Å²) in [7, 11) is 3.98. The molecule has 0 saturated heterocycles. The summed E-state index contributed by atoms with van der Waals surface area (Å²) < 4.78 is 17.1. The Kier molecular flexibility index (Phi) is 6.87. The minimum Gasteiger partial charge on any atom is -0.349 e. The van der Waals surface area contributed by atoms with Crippen molar-refractivity contribution in [2.24, 2.45) is 0 Å². The fraction of sp³-hybridized carbons (Fsp3) is 0.500. The maximum Gasteiger partial charge on any atom is 0.222 e. The van der Waals surface area contributed by atoms with Crippen molar-refractivity contribution in [1.82, 2.24) is 29.8 Å². The van der Waals surface area contributed by atoms with Crippen molar-refractivity contribution in [3.05, 3.63) is 47.5 Å². The third-order valence-corrected chi connectivity index (χ3v) is 5.18. The van der Waals surface area contributed by atoms with Gasteiger partial charge in [-0.1, -0.05) is 12.1 Å². The molecule has 2 aromatic heterocycles. The van der Waals surface area contributed by atoms with Gasteiger partial charge in [-0.05, 0) is 65.5 Å². The van der Waals surface area contributed by atoms with Gasteiger partial charge in [0, 0.05) is 12.5 Å². The van der Waals surface area contributed by atoms with Gasteiger partial charge in [-0.15, -0.1) is 0 Å². The molecule has 30 heavy (non-hydrogen) atoms. The van der Waals surface area contributed by atoms with Gasteiger partial charge in [0.25, 0.3) is 0 Å². The Bertz CT molecular complexity index is 989. The molecule has 1 amide bonds. The van der Waals surface area contributed by atoms with Crippen LogP contribution in [0.4, 0.5) is 4.39 Å². The van der Waals surface area contributed by atoms with E-state index in [1.807, 2.05) is 36.6 Å². The van der Waals surface area contributed by atoms with Crippen LogP contribution in [0.2, 0.25) is 0 Å². The molecule has 0 saturated carbocycles. The fourth-order valence-corrected chi connectivity index (χ4v) is 3.62. The number of halogens is 1. The average Bonchev–Trinajstić information content (AvgIpc) is 3.25. The van der Waals surface area contributed by atoms with E-state index in [0.717, 1.165) is 35.3 Å². The Morgan fingerprint density at radius 2 is 1.93 bits per heavy atom. The molecule has 8 heteroatoms. The van der Waals surface area contributed by atoms with Gasteiger partial charge in [-0.3, -0.25) is 14.2 Å². The summed E-state index contributed by atoms with van der Waals surface area (Å²) in [4.78, 5) is 14.8. The number of carbonyl (C=O) groups is 1. The molecule has 2 heterocycles. The Hall–Kier alpha value is -2.74. The van der Waals surface area contributed by atoms with Crippen LogP contribution in [0.5, 0.6) is 0 Å². The van der Waals surface area contributed by atoms with Gasteiger partial charge in [0.2, 0.25) is 5.91 Å². The van der Waals surface area contributed by atoms with E-state index in [4.69, 9.17) is 0 Å². The average molecular weight is 415 g/mol. The van der Waals surface area contributed by atoms with Crippen LogP contribution < -0.4 is 5.32 Å². The van der Waals surface area contributed by atoms with Gasteiger partial charge in [-0.25, -0.2) is 4.39 Å². The zero-order chi connectivity index (χ0) is 21.8. The number of fused-ring (bicyclic) bond motifs is 1. The van der Waals surface area contributed by atoms with Crippen LogP contribution in [-0.4, -0.2) is 51.0 Å². The predicted molar refractivity (Wildman–Crippen MR) is 116 cm³/mol. The van der Waals surface area contributed by atoms with E-state index in [1.165, 1.54) is 12.1 Å². The maximum atomic E-state index is 13.3. The Balaban J connectivity index is 1.68. The molecule has 1 unspecified atom stereocenters. The normalized spacial score (nSPS) is 12.8. The lowest BCUT2D eigenvalue weighted by Gasteiger charge is -2.21. The third kappa shape index (κ3) is 5.05. The SMILES string of the molecule is Cc1nn(C(C)C)c2cnn(CCC(=O)NC(CCN(C)C)c3ccc(F)cc3)c12. The van der Waals surface area contributed by atoms with Crippen LogP contribution in [0.25, 0.3) is 11.0 Å². The number of benzene rings is 1. The molecule has 162 valence electrons. The molecule has 0 radical (unpaired) electrons. The molecular formula is C22H31FN6O. The Morgan fingerprint density at radius 1 is 1.23 bits per heavy atom. The number of carbonyl (C=O) groups excluding carboxylic acids is 1. The lowest BCUT2D eigenvalue weighted by Crippen LogP contribution is -2.31. The molecule has 1 aromatic carbocycles. The second-order valence-electron chi connectivity index (χ2n) is 8.24. The molecule has 0 fully saturated rings. The highest BCUT2D eigenvalue weighted by Gasteiger charge is 2.18. The molecule has 3 rings (SSSR count). The van der Waals surface area contributed by atoms with Crippen molar-refractivity contribution in [2.75, 3.05) is 20.6 Å². The lowest BCUT2D eigenvalue weighted by molar-refractivity contribution is -0.122. The van der Waals surface area contributed by atoms with E-state index < -0.39 is 0 Å².